The summed E-state index contributed by atoms with van der Waals surface area (Å²) in [4.78, 5) is 9.43. The van der Waals surface area contributed by atoms with E-state index in [2.05, 4.69) is 25.9 Å². The highest BCUT2D eigenvalue weighted by Gasteiger charge is 2.09. The minimum Gasteiger partial charge on any atom is -0.399 e. The SMILES string of the molecule is C=S(=O)(NCCOCCC)c1cccc(Nc2nccc(-c3ccc(N)cc3)n2)c1. The molecule has 0 aliphatic heterocycles. The lowest BCUT2D eigenvalue weighted by molar-refractivity contribution is 0.140. The number of benzene rings is 2. The van der Waals surface area contributed by atoms with E-state index in [9.17, 15) is 4.21 Å². The number of nitrogen functional groups attached to an aromatic ring is 1. The molecule has 2 aromatic carbocycles. The summed E-state index contributed by atoms with van der Waals surface area (Å²) in [5.74, 6) is 4.30. The summed E-state index contributed by atoms with van der Waals surface area (Å²) >= 11 is 0. The molecule has 1 heterocycles. The lowest BCUT2D eigenvalue weighted by Gasteiger charge is -2.13. The van der Waals surface area contributed by atoms with Crippen LogP contribution in [0.5, 0.6) is 0 Å². The third-order valence-corrected chi connectivity index (χ3v) is 5.95. The Morgan fingerprint density at radius 2 is 1.93 bits per heavy atom. The fourth-order valence-corrected chi connectivity index (χ4v) is 3.95. The first kappa shape index (κ1) is 21.8. The van der Waals surface area contributed by atoms with Crippen LogP contribution >= 0.6 is 0 Å². The van der Waals surface area contributed by atoms with E-state index in [1.807, 2.05) is 49.4 Å². The number of hydrogen-bond donors (Lipinski definition) is 3. The average Bonchev–Trinajstić information content (AvgIpc) is 2.74. The summed E-state index contributed by atoms with van der Waals surface area (Å²) in [6.45, 7) is 3.69. The van der Waals surface area contributed by atoms with E-state index in [1.54, 1.807) is 18.3 Å². The number of aromatic nitrogens is 2. The highest BCUT2D eigenvalue weighted by molar-refractivity contribution is 7.98. The number of anilines is 3. The van der Waals surface area contributed by atoms with Crippen molar-refractivity contribution in [2.45, 2.75) is 18.2 Å². The molecule has 0 amide bonds. The normalized spacial score (nSPS) is 13.0. The maximum Gasteiger partial charge on any atom is 0.227 e. The summed E-state index contributed by atoms with van der Waals surface area (Å²) in [7, 11) is -2.64. The van der Waals surface area contributed by atoms with Crippen molar-refractivity contribution in [1.82, 2.24) is 14.7 Å². The van der Waals surface area contributed by atoms with Crippen LogP contribution in [0.1, 0.15) is 13.3 Å². The predicted octanol–water partition coefficient (Wildman–Crippen LogP) is 3.48. The molecule has 8 heteroatoms. The smallest absolute Gasteiger partial charge is 0.227 e. The van der Waals surface area contributed by atoms with Gasteiger partial charge in [0.15, 0.2) is 0 Å². The Bertz CT molecular complexity index is 1070. The summed E-state index contributed by atoms with van der Waals surface area (Å²) in [5, 5.41) is 3.17. The molecule has 158 valence electrons. The van der Waals surface area contributed by atoms with Gasteiger partial charge in [-0.2, -0.15) is 0 Å². The molecule has 1 unspecified atom stereocenters. The quantitative estimate of drug-likeness (QED) is 0.261. The maximum atomic E-state index is 12.9. The number of nitrogens with zero attached hydrogens (tertiary/aromatic N) is 2. The molecule has 0 bridgehead atoms. The van der Waals surface area contributed by atoms with E-state index < -0.39 is 9.71 Å². The van der Waals surface area contributed by atoms with Gasteiger partial charge in [-0.25, -0.2) is 18.9 Å². The van der Waals surface area contributed by atoms with Crippen molar-refractivity contribution in [1.29, 1.82) is 0 Å². The summed E-state index contributed by atoms with van der Waals surface area (Å²) < 4.78 is 21.3. The third-order valence-electron chi connectivity index (χ3n) is 4.26. The minimum atomic E-state index is -2.64. The van der Waals surface area contributed by atoms with Crippen molar-refractivity contribution in [3.05, 3.63) is 60.8 Å². The van der Waals surface area contributed by atoms with Crippen LogP contribution < -0.4 is 15.8 Å². The summed E-state index contributed by atoms with van der Waals surface area (Å²) in [6, 6.07) is 16.6. The first-order chi connectivity index (χ1) is 14.5. The third kappa shape index (κ3) is 6.03. The van der Waals surface area contributed by atoms with E-state index >= 15 is 0 Å². The Kier molecular flexibility index (Phi) is 7.40. The van der Waals surface area contributed by atoms with Crippen LogP contribution in [0, 0.1) is 0 Å². The molecule has 4 N–H and O–H groups in total. The predicted molar refractivity (Wildman–Crippen MR) is 124 cm³/mol. The number of nitrogens with two attached hydrogens (primary N) is 1. The van der Waals surface area contributed by atoms with Crippen LogP contribution in [0.15, 0.2) is 65.7 Å². The number of nitrogens with one attached hydrogen (secondary N) is 2. The van der Waals surface area contributed by atoms with Gasteiger partial charge in [-0.3, -0.25) is 0 Å². The second-order valence-electron chi connectivity index (χ2n) is 6.72. The molecule has 0 fully saturated rings. The van der Waals surface area contributed by atoms with Crippen molar-refractivity contribution in [3.63, 3.8) is 0 Å². The molecule has 3 aromatic rings. The largest absolute Gasteiger partial charge is 0.399 e. The van der Waals surface area contributed by atoms with Gasteiger partial charge in [-0.05, 0) is 48.7 Å². The van der Waals surface area contributed by atoms with Crippen LogP contribution in [-0.2, 0) is 14.4 Å². The second-order valence-corrected chi connectivity index (χ2v) is 8.83. The molecule has 0 aliphatic rings. The Hall–Kier alpha value is -2.94. The monoisotopic (exact) mass is 425 g/mol. The molecular formula is C22H27N5O2S. The van der Waals surface area contributed by atoms with Gasteiger partial charge in [0.2, 0.25) is 5.95 Å². The zero-order valence-electron chi connectivity index (χ0n) is 17.0. The van der Waals surface area contributed by atoms with Crippen molar-refractivity contribution in [3.8, 4) is 11.3 Å². The first-order valence-electron chi connectivity index (χ1n) is 9.73. The second kappa shape index (κ2) is 10.2. The van der Waals surface area contributed by atoms with E-state index in [1.165, 1.54) is 0 Å². The molecule has 30 heavy (non-hydrogen) atoms. The highest BCUT2D eigenvalue weighted by atomic mass is 32.2. The topological polar surface area (TPSA) is 102 Å². The molecule has 0 spiro atoms. The lowest BCUT2D eigenvalue weighted by atomic mass is 10.1. The summed E-state index contributed by atoms with van der Waals surface area (Å²) in [6.07, 6.45) is 2.64. The Morgan fingerprint density at radius 1 is 1.13 bits per heavy atom. The zero-order valence-corrected chi connectivity index (χ0v) is 17.8. The van der Waals surface area contributed by atoms with Crippen molar-refractivity contribution in [2.75, 3.05) is 30.8 Å². The molecule has 1 aromatic heterocycles. The standard InChI is InChI=1S/C22H27N5O2S/c1-3-14-29-15-13-25-30(2,28)20-6-4-5-19(16-20)26-22-24-12-11-21(27-22)17-7-9-18(23)10-8-17/h4-12,16H,2-3,13-15,23H2,1H3,(H,25,28)(H,24,26,27). The maximum absolute atomic E-state index is 12.9. The number of rotatable bonds is 10. The fraction of sp³-hybridized carbons (Fsp3) is 0.227. The van der Waals surface area contributed by atoms with E-state index in [4.69, 9.17) is 10.5 Å². The fourth-order valence-electron chi connectivity index (χ4n) is 2.75. The molecule has 0 saturated heterocycles. The van der Waals surface area contributed by atoms with Crippen LogP contribution in [0.25, 0.3) is 11.3 Å². The molecule has 1 atom stereocenters. The van der Waals surface area contributed by atoms with Crippen molar-refractivity contribution in [2.24, 2.45) is 0 Å². The van der Waals surface area contributed by atoms with E-state index in [-0.39, 0.29) is 0 Å². The van der Waals surface area contributed by atoms with Crippen LogP contribution in [0.4, 0.5) is 17.3 Å². The van der Waals surface area contributed by atoms with Gasteiger partial charge >= 0.3 is 0 Å². The molecule has 7 nitrogen and oxygen atoms in total. The van der Waals surface area contributed by atoms with Crippen molar-refractivity contribution >= 4 is 32.9 Å². The molecule has 3 rings (SSSR count). The van der Waals surface area contributed by atoms with E-state index in [0.29, 0.717) is 36.3 Å². The van der Waals surface area contributed by atoms with Crippen LogP contribution in [0.3, 0.4) is 0 Å². The van der Waals surface area contributed by atoms with Gasteiger partial charge in [-0.15, -0.1) is 0 Å². The molecule has 0 saturated carbocycles. The number of hydrogen-bond acceptors (Lipinski definition) is 6. The Labute approximate surface area is 177 Å². The Balaban J connectivity index is 1.71. The van der Waals surface area contributed by atoms with Crippen LogP contribution in [-0.4, -0.2) is 39.8 Å². The lowest BCUT2D eigenvalue weighted by Crippen LogP contribution is -2.27. The van der Waals surface area contributed by atoms with E-state index in [0.717, 1.165) is 23.4 Å². The average molecular weight is 426 g/mol. The van der Waals surface area contributed by atoms with Gasteiger partial charge in [0.05, 0.1) is 22.0 Å². The minimum absolute atomic E-state index is 0.443. The Morgan fingerprint density at radius 3 is 2.70 bits per heavy atom. The molecule has 0 aliphatic carbocycles. The first-order valence-corrected chi connectivity index (χ1v) is 11.5. The number of ether oxygens (including phenoxy) is 1. The van der Waals surface area contributed by atoms with Gasteiger partial charge in [-0.1, -0.05) is 25.1 Å². The zero-order chi connectivity index (χ0) is 21.4. The van der Waals surface area contributed by atoms with Gasteiger partial charge in [0, 0.05) is 41.2 Å². The summed E-state index contributed by atoms with van der Waals surface area (Å²) in [5.41, 5.74) is 8.90. The molecule has 0 radical (unpaired) electrons. The van der Waals surface area contributed by atoms with Crippen molar-refractivity contribution < 1.29 is 8.95 Å². The van der Waals surface area contributed by atoms with Gasteiger partial charge < -0.3 is 15.8 Å². The highest BCUT2D eigenvalue weighted by Crippen LogP contribution is 2.22. The van der Waals surface area contributed by atoms with Gasteiger partial charge in [0.25, 0.3) is 0 Å². The molecular weight excluding hydrogens is 398 g/mol. The van der Waals surface area contributed by atoms with Crippen LogP contribution in [0.2, 0.25) is 0 Å². The van der Waals surface area contributed by atoms with Gasteiger partial charge in [0.1, 0.15) is 0 Å².